The molecule has 0 radical (unpaired) electrons. The summed E-state index contributed by atoms with van der Waals surface area (Å²) in [4.78, 5) is 12.1. The number of carbonyl (C=O) groups is 1. The maximum atomic E-state index is 12.1. The van der Waals surface area contributed by atoms with Crippen molar-refractivity contribution >= 4 is 49.3 Å². The van der Waals surface area contributed by atoms with Crippen molar-refractivity contribution < 1.29 is 9.53 Å². The van der Waals surface area contributed by atoms with Crippen LogP contribution >= 0.6 is 31.9 Å². The highest BCUT2D eigenvalue weighted by Gasteiger charge is 2.31. The lowest BCUT2D eigenvalue weighted by molar-refractivity contribution is -0.111. The minimum atomic E-state index is -0.00174. The van der Waals surface area contributed by atoms with Crippen LogP contribution in [-0.4, -0.2) is 12.9 Å². The van der Waals surface area contributed by atoms with Gasteiger partial charge in [0.05, 0.1) is 11.6 Å². The van der Waals surface area contributed by atoms with Gasteiger partial charge in [-0.05, 0) is 51.3 Å². The van der Waals surface area contributed by atoms with Gasteiger partial charge in [0.15, 0.2) is 0 Å². The maximum absolute atomic E-state index is 12.1. The number of ether oxygens (including phenoxy) is 1. The van der Waals surface area contributed by atoms with Crippen LogP contribution in [0.3, 0.4) is 0 Å². The van der Waals surface area contributed by atoms with Crippen LogP contribution in [-0.2, 0) is 9.53 Å². The molecule has 2 nitrogen and oxygen atoms in total. The lowest BCUT2D eigenvalue weighted by atomic mass is 9.95. The molecule has 0 aliphatic heterocycles. The number of hydrogen-bond donors (Lipinski definition) is 0. The summed E-state index contributed by atoms with van der Waals surface area (Å²) in [7, 11) is 1.61. The van der Waals surface area contributed by atoms with Gasteiger partial charge in [0, 0.05) is 15.6 Å². The zero-order chi connectivity index (χ0) is 12.9. The van der Waals surface area contributed by atoms with E-state index in [1.807, 2.05) is 24.3 Å². The Kier molecular flexibility index (Phi) is 2.79. The molecule has 1 aromatic carbocycles. The highest BCUT2D eigenvalue weighted by atomic mass is 79.9. The summed E-state index contributed by atoms with van der Waals surface area (Å²) in [5, 5.41) is 0. The van der Waals surface area contributed by atoms with E-state index in [4.69, 9.17) is 4.74 Å². The molecule has 18 heavy (non-hydrogen) atoms. The lowest BCUT2D eigenvalue weighted by Crippen LogP contribution is -2.09. The summed E-state index contributed by atoms with van der Waals surface area (Å²) in [5.74, 6) is 0.715. The van der Waals surface area contributed by atoms with Gasteiger partial charge in [-0.2, -0.15) is 0 Å². The first kappa shape index (κ1) is 11.9. The van der Waals surface area contributed by atoms with Crippen molar-refractivity contribution in [3.8, 4) is 0 Å². The molecule has 0 unspecified atom stereocenters. The molecule has 0 heterocycles. The second-order valence-corrected chi connectivity index (χ2v) is 5.82. The van der Waals surface area contributed by atoms with E-state index in [9.17, 15) is 4.79 Å². The minimum Gasteiger partial charge on any atom is -0.496 e. The SMILES string of the molecule is COC1=C2C(=Cc3cc(Br)ccc32)C(=O)C(Br)=C1. The van der Waals surface area contributed by atoms with Gasteiger partial charge in [-0.25, -0.2) is 0 Å². The first-order valence-electron chi connectivity index (χ1n) is 5.34. The normalized spacial score (nSPS) is 17.2. The molecule has 0 spiro atoms. The Morgan fingerprint density at radius 1 is 1.17 bits per heavy atom. The topological polar surface area (TPSA) is 26.3 Å². The number of methoxy groups -OCH3 is 1. The summed E-state index contributed by atoms with van der Waals surface area (Å²) >= 11 is 6.72. The summed E-state index contributed by atoms with van der Waals surface area (Å²) < 4.78 is 6.90. The predicted octanol–water partition coefficient (Wildman–Crippen LogP) is 4.07. The molecular weight excluding hydrogens is 360 g/mol. The van der Waals surface area contributed by atoms with E-state index in [1.165, 1.54) is 0 Å². The van der Waals surface area contributed by atoms with Crippen molar-refractivity contribution in [3.63, 3.8) is 0 Å². The van der Waals surface area contributed by atoms with Crippen LogP contribution < -0.4 is 0 Å². The van der Waals surface area contributed by atoms with Gasteiger partial charge in [0.25, 0.3) is 0 Å². The van der Waals surface area contributed by atoms with Gasteiger partial charge in [-0.3, -0.25) is 4.79 Å². The molecule has 0 amide bonds. The molecule has 0 N–H and O–H groups in total. The van der Waals surface area contributed by atoms with Gasteiger partial charge >= 0.3 is 0 Å². The molecule has 0 atom stereocenters. The van der Waals surface area contributed by atoms with Crippen molar-refractivity contribution in [1.29, 1.82) is 0 Å². The van der Waals surface area contributed by atoms with Crippen LogP contribution in [0.15, 0.2) is 44.6 Å². The smallest absolute Gasteiger partial charge is 0.200 e. The number of carbonyl (C=O) groups excluding carboxylic acids is 1. The zero-order valence-electron chi connectivity index (χ0n) is 9.46. The third-order valence-corrected chi connectivity index (χ3v) is 4.12. The monoisotopic (exact) mass is 366 g/mol. The second kappa shape index (κ2) is 4.21. The fourth-order valence-electron chi connectivity index (χ4n) is 2.24. The second-order valence-electron chi connectivity index (χ2n) is 4.05. The summed E-state index contributed by atoms with van der Waals surface area (Å²) in [6, 6.07) is 5.97. The number of fused-ring (bicyclic) bond motifs is 3. The fourth-order valence-corrected chi connectivity index (χ4v) is 3.04. The van der Waals surface area contributed by atoms with E-state index in [0.29, 0.717) is 15.8 Å². The molecule has 0 fully saturated rings. The van der Waals surface area contributed by atoms with Crippen molar-refractivity contribution in [3.05, 3.63) is 55.7 Å². The number of hydrogen-bond acceptors (Lipinski definition) is 2. The van der Waals surface area contributed by atoms with Gasteiger partial charge in [0.1, 0.15) is 5.76 Å². The van der Waals surface area contributed by atoms with E-state index in [1.54, 1.807) is 13.2 Å². The Labute approximate surface area is 121 Å². The van der Waals surface area contributed by atoms with Crippen LogP contribution in [0.1, 0.15) is 11.1 Å². The largest absolute Gasteiger partial charge is 0.496 e. The third-order valence-electron chi connectivity index (χ3n) is 3.04. The number of allylic oxidation sites excluding steroid dienone is 4. The quantitative estimate of drug-likeness (QED) is 0.748. The number of ketones is 1. The zero-order valence-corrected chi connectivity index (χ0v) is 12.6. The molecule has 2 aliphatic carbocycles. The minimum absolute atomic E-state index is 0.00174. The molecule has 0 aromatic heterocycles. The molecule has 0 saturated heterocycles. The third kappa shape index (κ3) is 1.63. The molecule has 0 bridgehead atoms. The number of halogens is 2. The molecule has 1 aromatic rings. The predicted molar refractivity (Wildman–Crippen MR) is 78.1 cm³/mol. The van der Waals surface area contributed by atoms with Crippen LogP contribution in [0.4, 0.5) is 0 Å². The lowest BCUT2D eigenvalue weighted by Gasteiger charge is -2.16. The standard InChI is InChI=1S/C14H8Br2O2/c1-18-12-6-11(16)14(17)10-5-7-4-8(15)2-3-9(7)13(10)12/h2-6H,1H3. The van der Waals surface area contributed by atoms with E-state index in [0.717, 1.165) is 21.2 Å². The van der Waals surface area contributed by atoms with Crippen LogP contribution in [0, 0.1) is 0 Å². The average molecular weight is 368 g/mol. The Hall–Kier alpha value is -1.13. The molecule has 90 valence electrons. The molecule has 2 aliphatic rings. The molecular formula is C14H8Br2O2. The van der Waals surface area contributed by atoms with Crippen molar-refractivity contribution in [1.82, 2.24) is 0 Å². The molecule has 0 saturated carbocycles. The van der Waals surface area contributed by atoms with Crippen molar-refractivity contribution in [2.45, 2.75) is 0 Å². The van der Waals surface area contributed by atoms with Crippen LogP contribution in [0.5, 0.6) is 0 Å². The average Bonchev–Trinajstić information content (AvgIpc) is 2.72. The number of rotatable bonds is 1. The summed E-state index contributed by atoms with van der Waals surface area (Å²) in [6.07, 6.45) is 3.64. The summed E-state index contributed by atoms with van der Waals surface area (Å²) in [6.45, 7) is 0. The molecule has 4 heteroatoms. The fraction of sp³-hybridized carbons (Fsp3) is 0.0714. The van der Waals surface area contributed by atoms with Crippen LogP contribution in [0.25, 0.3) is 11.6 Å². The molecule has 3 rings (SSSR count). The Balaban J connectivity index is 2.30. The Morgan fingerprint density at radius 3 is 2.67 bits per heavy atom. The number of benzene rings is 1. The van der Waals surface area contributed by atoms with Gasteiger partial charge in [-0.1, -0.05) is 22.0 Å². The first-order valence-corrected chi connectivity index (χ1v) is 6.92. The maximum Gasteiger partial charge on any atom is 0.200 e. The van der Waals surface area contributed by atoms with E-state index >= 15 is 0 Å². The Bertz CT molecular complexity index is 666. The van der Waals surface area contributed by atoms with Gasteiger partial charge in [0.2, 0.25) is 5.78 Å². The van der Waals surface area contributed by atoms with Crippen molar-refractivity contribution in [2.75, 3.05) is 7.11 Å². The van der Waals surface area contributed by atoms with E-state index < -0.39 is 0 Å². The van der Waals surface area contributed by atoms with E-state index in [2.05, 4.69) is 31.9 Å². The summed E-state index contributed by atoms with van der Waals surface area (Å²) in [5.41, 5.74) is 3.64. The van der Waals surface area contributed by atoms with Crippen LogP contribution in [0.2, 0.25) is 0 Å². The first-order chi connectivity index (χ1) is 8.61. The van der Waals surface area contributed by atoms with Crippen molar-refractivity contribution in [2.24, 2.45) is 0 Å². The van der Waals surface area contributed by atoms with Gasteiger partial charge < -0.3 is 4.74 Å². The Morgan fingerprint density at radius 2 is 1.94 bits per heavy atom. The number of Topliss-reactive ketones (excluding diaryl/α,β-unsaturated/α-hetero) is 1. The van der Waals surface area contributed by atoms with Gasteiger partial charge in [-0.15, -0.1) is 0 Å². The highest BCUT2D eigenvalue weighted by Crippen LogP contribution is 2.43. The van der Waals surface area contributed by atoms with E-state index in [-0.39, 0.29) is 5.78 Å². The highest BCUT2D eigenvalue weighted by molar-refractivity contribution is 9.12.